The van der Waals surface area contributed by atoms with Crippen molar-refractivity contribution in [3.63, 3.8) is 0 Å². The number of hydrogen-bond donors (Lipinski definition) is 1. The van der Waals surface area contributed by atoms with Crippen LogP contribution in [0, 0.1) is 11.8 Å². The van der Waals surface area contributed by atoms with Crippen molar-refractivity contribution in [3.05, 3.63) is 65.7 Å². The van der Waals surface area contributed by atoms with Crippen LogP contribution in [0.4, 0.5) is 0 Å². The molecule has 24 heavy (non-hydrogen) atoms. The highest BCUT2D eigenvalue weighted by Gasteiger charge is 2.41. The summed E-state index contributed by atoms with van der Waals surface area (Å²) in [5.41, 5.74) is 1.90. The topological polar surface area (TPSA) is 47.9 Å². The quantitative estimate of drug-likeness (QED) is 0.883. The van der Waals surface area contributed by atoms with Crippen LogP contribution in [0.5, 0.6) is 5.75 Å². The number of hydrogen-bond acceptors (Lipinski definition) is 4. The van der Waals surface area contributed by atoms with Crippen molar-refractivity contribution in [1.82, 2.24) is 0 Å². The molecule has 0 aromatic heterocycles. The Morgan fingerprint density at radius 2 is 1.62 bits per heavy atom. The van der Waals surface area contributed by atoms with Crippen molar-refractivity contribution in [1.29, 1.82) is 0 Å². The molecule has 1 aliphatic rings. The number of rotatable bonds is 6. The first-order valence-electron chi connectivity index (χ1n) is 8.22. The van der Waals surface area contributed by atoms with Crippen molar-refractivity contribution >= 4 is 0 Å². The summed E-state index contributed by atoms with van der Waals surface area (Å²) < 4.78 is 17.0. The van der Waals surface area contributed by atoms with Crippen LogP contribution in [0.25, 0.3) is 0 Å². The van der Waals surface area contributed by atoms with Crippen LogP contribution < -0.4 is 4.74 Å². The molecule has 0 unspecified atom stereocenters. The molecule has 4 nitrogen and oxygen atoms in total. The first kappa shape index (κ1) is 17.0. The molecule has 0 aliphatic carbocycles. The molecule has 0 spiro atoms. The largest absolute Gasteiger partial charge is 0.496 e. The molecule has 1 fully saturated rings. The van der Waals surface area contributed by atoms with Crippen LogP contribution in [-0.2, 0) is 9.47 Å². The normalized spacial score (nSPS) is 23.0. The van der Waals surface area contributed by atoms with E-state index in [1.165, 1.54) is 0 Å². The van der Waals surface area contributed by atoms with Gasteiger partial charge in [-0.15, -0.1) is 0 Å². The molecule has 2 aromatic carbocycles. The number of aliphatic hydroxyl groups excluding tert-OH is 1. The Balaban J connectivity index is 1.88. The SMILES string of the molecule is COc1ccccc1[C@@H](OC)[C@@H]1COC[C@H]1[C@H](O)c1ccccc1. The molecule has 4 atom stereocenters. The molecular weight excluding hydrogens is 304 g/mol. The Bertz CT molecular complexity index is 643. The highest BCUT2D eigenvalue weighted by molar-refractivity contribution is 5.36. The zero-order chi connectivity index (χ0) is 16.9. The predicted molar refractivity (Wildman–Crippen MR) is 91.9 cm³/mol. The van der Waals surface area contributed by atoms with Gasteiger partial charge in [0.2, 0.25) is 0 Å². The molecule has 1 aliphatic heterocycles. The Morgan fingerprint density at radius 3 is 2.33 bits per heavy atom. The third kappa shape index (κ3) is 3.31. The maximum Gasteiger partial charge on any atom is 0.124 e. The smallest absolute Gasteiger partial charge is 0.124 e. The summed E-state index contributed by atoms with van der Waals surface area (Å²) in [6.45, 7) is 1.08. The lowest BCUT2D eigenvalue weighted by molar-refractivity contribution is 0.00198. The number of benzene rings is 2. The second kappa shape index (κ2) is 7.79. The van der Waals surface area contributed by atoms with E-state index in [4.69, 9.17) is 14.2 Å². The molecule has 1 heterocycles. The van der Waals surface area contributed by atoms with E-state index in [9.17, 15) is 5.11 Å². The highest BCUT2D eigenvalue weighted by atomic mass is 16.5. The molecule has 0 amide bonds. The fraction of sp³-hybridized carbons (Fsp3) is 0.400. The summed E-state index contributed by atoms with van der Waals surface area (Å²) in [7, 11) is 3.36. The lowest BCUT2D eigenvalue weighted by atomic mass is 9.81. The number of aliphatic hydroxyl groups is 1. The summed E-state index contributed by atoms with van der Waals surface area (Å²) in [5.74, 6) is 0.827. The fourth-order valence-corrected chi connectivity index (χ4v) is 3.56. The second-order valence-corrected chi connectivity index (χ2v) is 6.12. The van der Waals surface area contributed by atoms with Gasteiger partial charge in [-0.1, -0.05) is 48.5 Å². The highest BCUT2D eigenvalue weighted by Crippen LogP contribution is 2.43. The van der Waals surface area contributed by atoms with Gasteiger partial charge >= 0.3 is 0 Å². The van der Waals surface area contributed by atoms with E-state index < -0.39 is 6.10 Å². The zero-order valence-corrected chi connectivity index (χ0v) is 14.1. The number of methoxy groups -OCH3 is 2. The van der Waals surface area contributed by atoms with Gasteiger partial charge in [0.25, 0.3) is 0 Å². The third-order valence-electron chi connectivity index (χ3n) is 4.81. The van der Waals surface area contributed by atoms with E-state index >= 15 is 0 Å². The van der Waals surface area contributed by atoms with E-state index in [1.54, 1.807) is 14.2 Å². The van der Waals surface area contributed by atoms with Crippen LogP contribution in [0.15, 0.2) is 54.6 Å². The Kier molecular flexibility index (Phi) is 5.51. The molecule has 0 radical (unpaired) electrons. The summed E-state index contributed by atoms with van der Waals surface area (Å²) in [6.07, 6.45) is -0.766. The van der Waals surface area contributed by atoms with Gasteiger partial charge in [-0.05, 0) is 11.6 Å². The maximum atomic E-state index is 10.8. The number of ether oxygens (including phenoxy) is 3. The van der Waals surface area contributed by atoms with Crippen LogP contribution in [0.3, 0.4) is 0 Å². The zero-order valence-electron chi connectivity index (χ0n) is 14.1. The van der Waals surface area contributed by atoms with Gasteiger partial charge in [-0.2, -0.15) is 0 Å². The molecular formula is C20H24O4. The third-order valence-corrected chi connectivity index (χ3v) is 4.81. The molecule has 1 saturated heterocycles. The van der Waals surface area contributed by atoms with Gasteiger partial charge in [0.15, 0.2) is 0 Å². The molecule has 4 heteroatoms. The maximum absolute atomic E-state index is 10.8. The van der Waals surface area contributed by atoms with Gasteiger partial charge in [0.05, 0.1) is 32.5 Å². The van der Waals surface area contributed by atoms with Gasteiger partial charge in [0.1, 0.15) is 5.75 Å². The minimum atomic E-state index is -0.578. The Morgan fingerprint density at radius 1 is 0.958 bits per heavy atom. The minimum absolute atomic E-state index is 0.0257. The fourth-order valence-electron chi connectivity index (χ4n) is 3.56. The monoisotopic (exact) mass is 328 g/mol. The number of para-hydroxylation sites is 1. The molecule has 0 saturated carbocycles. The van der Waals surface area contributed by atoms with E-state index in [1.807, 2.05) is 54.6 Å². The Labute approximate surface area is 143 Å². The summed E-state index contributed by atoms with van der Waals surface area (Å²) in [6, 6.07) is 17.6. The van der Waals surface area contributed by atoms with Gasteiger partial charge < -0.3 is 19.3 Å². The van der Waals surface area contributed by atoms with Crippen molar-refractivity contribution in [2.45, 2.75) is 12.2 Å². The Hall–Kier alpha value is -1.88. The molecule has 0 bridgehead atoms. The van der Waals surface area contributed by atoms with E-state index in [-0.39, 0.29) is 17.9 Å². The van der Waals surface area contributed by atoms with Crippen molar-refractivity contribution in [2.24, 2.45) is 11.8 Å². The lowest BCUT2D eigenvalue weighted by Gasteiger charge is -2.30. The molecule has 3 rings (SSSR count). The average Bonchev–Trinajstić information content (AvgIpc) is 3.12. The van der Waals surface area contributed by atoms with Crippen LogP contribution in [0.1, 0.15) is 23.3 Å². The van der Waals surface area contributed by atoms with E-state index in [0.29, 0.717) is 13.2 Å². The first-order valence-corrected chi connectivity index (χ1v) is 8.22. The lowest BCUT2D eigenvalue weighted by Crippen LogP contribution is -2.27. The second-order valence-electron chi connectivity index (χ2n) is 6.12. The summed E-state index contributed by atoms with van der Waals surface area (Å²) >= 11 is 0. The van der Waals surface area contributed by atoms with Crippen molar-refractivity contribution < 1.29 is 19.3 Å². The van der Waals surface area contributed by atoms with Crippen LogP contribution in [-0.4, -0.2) is 32.5 Å². The van der Waals surface area contributed by atoms with Crippen LogP contribution in [0.2, 0.25) is 0 Å². The van der Waals surface area contributed by atoms with Crippen LogP contribution >= 0.6 is 0 Å². The van der Waals surface area contributed by atoms with Crippen molar-refractivity contribution in [2.75, 3.05) is 27.4 Å². The van der Waals surface area contributed by atoms with Crippen molar-refractivity contribution in [3.8, 4) is 5.75 Å². The average molecular weight is 328 g/mol. The van der Waals surface area contributed by atoms with Gasteiger partial charge in [-0.25, -0.2) is 0 Å². The standard InChI is InChI=1S/C20H24O4/c1-22-18-11-7-6-10-15(18)20(23-2)17-13-24-12-16(17)19(21)14-8-4-3-5-9-14/h3-11,16-17,19-21H,12-13H2,1-2H3/t16-,17-,19-,20-/m1/s1. The van der Waals surface area contributed by atoms with E-state index in [2.05, 4.69) is 0 Å². The molecule has 128 valence electrons. The summed E-state index contributed by atoms with van der Waals surface area (Å²) in [5, 5.41) is 10.8. The molecule has 1 N–H and O–H groups in total. The summed E-state index contributed by atoms with van der Waals surface area (Å²) in [4.78, 5) is 0. The molecule has 2 aromatic rings. The van der Waals surface area contributed by atoms with Gasteiger partial charge in [0, 0.05) is 24.5 Å². The van der Waals surface area contributed by atoms with E-state index in [0.717, 1.165) is 16.9 Å². The van der Waals surface area contributed by atoms with Gasteiger partial charge in [-0.3, -0.25) is 0 Å². The predicted octanol–water partition coefficient (Wildman–Crippen LogP) is 3.38. The first-order chi connectivity index (χ1) is 11.8. The minimum Gasteiger partial charge on any atom is -0.496 e.